The van der Waals surface area contributed by atoms with Crippen molar-refractivity contribution in [1.82, 2.24) is 0 Å². The SMILES string of the molecule is CC1C(N)CCC(CNc2ccccc2)C1(C)C. The van der Waals surface area contributed by atoms with E-state index in [1.165, 1.54) is 12.1 Å². The minimum absolute atomic E-state index is 0.319. The van der Waals surface area contributed by atoms with E-state index < -0.39 is 0 Å². The van der Waals surface area contributed by atoms with E-state index in [1.807, 2.05) is 0 Å². The van der Waals surface area contributed by atoms with Gasteiger partial charge in [0.15, 0.2) is 0 Å². The van der Waals surface area contributed by atoms with Gasteiger partial charge in [-0.2, -0.15) is 0 Å². The fourth-order valence-electron chi connectivity index (χ4n) is 3.10. The van der Waals surface area contributed by atoms with E-state index in [-0.39, 0.29) is 0 Å². The topological polar surface area (TPSA) is 38.0 Å². The highest BCUT2D eigenvalue weighted by molar-refractivity contribution is 5.42. The second-order valence-corrected chi connectivity index (χ2v) is 6.30. The first-order valence-corrected chi connectivity index (χ1v) is 7.06. The second-order valence-electron chi connectivity index (χ2n) is 6.30. The summed E-state index contributed by atoms with van der Waals surface area (Å²) in [5.74, 6) is 1.29. The molecule has 2 rings (SSSR count). The van der Waals surface area contributed by atoms with Crippen LogP contribution in [-0.2, 0) is 0 Å². The molecule has 1 saturated carbocycles. The van der Waals surface area contributed by atoms with Crippen LogP contribution in [0.1, 0.15) is 33.6 Å². The Bertz CT molecular complexity index is 372. The number of hydrogen-bond donors (Lipinski definition) is 2. The first-order chi connectivity index (χ1) is 8.51. The molecular weight excluding hydrogens is 220 g/mol. The van der Waals surface area contributed by atoms with Gasteiger partial charge < -0.3 is 11.1 Å². The molecule has 1 aliphatic rings. The van der Waals surface area contributed by atoms with E-state index in [9.17, 15) is 0 Å². The Kier molecular flexibility index (Phi) is 3.96. The van der Waals surface area contributed by atoms with Crippen molar-refractivity contribution in [3.8, 4) is 0 Å². The van der Waals surface area contributed by atoms with Crippen LogP contribution in [0, 0.1) is 17.3 Å². The molecule has 1 fully saturated rings. The third-order valence-corrected chi connectivity index (χ3v) is 5.04. The zero-order valence-electron chi connectivity index (χ0n) is 11.8. The largest absolute Gasteiger partial charge is 0.385 e. The van der Waals surface area contributed by atoms with Gasteiger partial charge in [-0.25, -0.2) is 0 Å². The lowest BCUT2D eigenvalue weighted by Crippen LogP contribution is -2.48. The van der Waals surface area contributed by atoms with Crippen LogP contribution in [0.25, 0.3) is 0 Å². The number of hydrogen-bond acceptors (Lipinski definition) is 2. The van der Waals surface area contributed by atoms with E-state index in [4.69, 9.17) is 5.73 Å². The summed E-state index contributed by atoms with van der Waals surface area (Å²) in [6.45, 7) is 8.09. The molecule has 1 aromatic carbocycles. The number of para-hydroxylation sites is 1. The Labute approximate surface area is 111 Å². The molecule has 0 radical (unpaired) electrons. The van der Waals surface area contributed by atoms with Gasteiger partial charge in [0.05, 0.1) is 0 Å². The minimum atomic E-state index is 0.319. The Morgan fingerprint density at radius 1 is 1.22 bits per heavy atom. The summed E-state index contributed by atoms with van der Waals surface area (Å²) in [7, 11) is 0. The molecule has 0 saturated heterocycles. The van der Waals surface area contributed by atoms with Gasteiger partial charge in [-0.3, -0.25) is 0 Å². The van der Waals surface area contributed by atoms with Gasteiger partial charge >= 0.3 is 0 Å². The number of nitrogens with two attached hydrogens (primary N) is 1. The molecule has 3 N–H and O–H groups in total. The molecule has 0 aromatic heterocycles. The van der Waals surface area contributed by atoms with Crippen molar-refractivity contribution in [2.75, 3.05) is 11.9 Å². The lowest BCUT2D eigenvalue weighted by Gasteiger charge is -2.47. The van der Waals surface area contributed by atoms with Crippen LogP contribution in [0.5, 0.6) is 0 Å². The number of benzene rings is 1. The van der Waals surface area contributed by atoms with Crippen molar-refractivity contribution in [2.45, 2.75) is 39.7 Å². The Hall–Kier alpha value is -1.02. The van der Waals surface area contributed by atoms with Crippen LogP contribution in [-0.4, -0.2) is 12.6 Å². The molecule has 0 aliphatic heterocycles. The standard InChI is InChI=1S/C16H26N2/c1-12-15(17)10-9-13(16(12,2)3)11-18-14-7-5-4-6-8-14/h4-8,12-13,15,18H,9-11,17H2,1-3H3. The predicted molar refractivity (Wildman–Crippen MR) is 78.6 cm³/mol. The Morgan fingerprint density at radius 2 is 1.89 bits per heavy atom. The highest BCUT2D eigenvalue weighted by atomic mass is 14.9. The second kappa shape index (κ2) is 5.31. The first kappa shape index (κ1) is 13.4. The van der Waals surface area contributed by atoms with Gasteiger partial charge in [-0.15, -0.1) is 0 Å². The van der Waals surface area contributed by atoms with Crippen molar-refractivity contribution in [3.63, 3.8) is 0 Å². The summed E-state index contributed by atoms with van der Waals surface area (Å²) in [4.78, 5) is 0. The highest BCUT2D eigenvalue weighted by Gasteiger charge is 2.41. The van der Waals surface area contributed by atoms with Crippen LogP contribution in [0.4, 0.5) is 5.69 Å². The molecule has 1 aromatic rings. The van der Waals surface area contributed by atoms with Crippen LogP contribution in [0.3, 0.4) is 0 Å². The fraction of sp³-hybridized carbons (Fsp3) is 0.625. The molecule has 18 heavy (non-hydrogen) atoms. The summed E-state index contributed by atoms with van der Waals surface area (Å²) < 4.78 is 0. The average Bonchev–Trinajstić information content (AvgIpc) is 2.37. The Morgan fingerprint density at radius 3 is 2.56 bits per heavy atom. The Balaban J connectivity index is 1.97. The van der Waals surface area contributed by atoms with Crippen molar-refractivity contribution in [1.29, 1.82) is 0 Å². The molecule has 0 amide bonds. The normalized spacial score (nSPS) is 31.0. The summed E-state index contributed by atoms with van der Waals surface area (Å²) in [6.07, 6.45) is 2.39. The number of anilines is 1. The number of nitrogens with one attached hydrogen (secondary N) is 1. The van der Waals surface area contributed by atoms with E-state index in [1.54, 1.807) is 0 Å². The molecule has 0 heterocycles. The predicted octanol–water partition coefficient (Wildman–Crippen LogP) is 3.50. The van der Waals surface area contributed by atoms with E-state index in [2.05, 4.69) is 56.4 Å². The van der Waals surface area contributed by atoms with Gasteiger partial charge in [0, 0.05) is 18.3 Å². The lowest BCUT2D eigenvalue weighted by atomic mass is 9.61. The molecule has 1 aliphatic carbocycles. The van der Waals surface area contributed by atoms with Gasteiger partial charge in [0.1, 0.15) is 0 Å². The van der Waals surface area contributed by atoms with Crippen molar-refractivity contribution < 1.29 is 0 Å². The van der Waals surface area contributed by atoms with Crippen molar-refractivity contribution >= 4 is 5.69 Å². The van der Waals surface area contributed by atoms with E-state index in [0.717, 1.165) is 13.0 Å². The fourth-order valence-corrected chi connectivity index (χ4v) is 3.10. The van der Waals surface area contributed by atoms with Crippen LogP contribution < -0.4 is 11.1 Å². The highest BCUT2D eigenvalue weighted by Crippen LogP contribution is 2.44. The number of rotatable bonds is 3. The van der Waals surface area contributed by atoms with Crippen LogP contribution in [0.15, 0.2) is 30.3 Å². The molecule has 3 atom stereocenters. The molecule has 0 bridgehead atoms. The van der Waals surface area contributed by atoms with Crippen molar-refractivity contribution in [2.24, 2.45) is 23.0 Å². The smallest absolute Gasteiger partial charge is 0.0340 e. The molecule has 0 spiro atoms. The molecule has 2 nitrogen and oxygen atoms in total. The van der Waals surface area contributed by atoms with Crippen LogP contribution in [0.2, 0.25) is 0 Å². The first-order valence-electron chi connectivity index (χ1n) is 7.06. The molecular formula is C16H26N2. The third-order valence-electron chi connectivity index (χ3n) is 5.04. The molecule has 100 valence electrons. The summed E-state index contributed by atoms with van der Waals surface area (Å²) >= 11 is 0. The average molecular weight is 246 g/mol. The summed E-state index contributed by atoms with van der Waals surface area (Å²) in [5.41, 5.74) is 7.74. The maximum Gasteiger partial charge on any atom is 0.0340 e. The molecule has 2 heteroatoms. The van der Waals surface area contributed by atoms with E-state index >= 15 is 0 Å². The minimum Gasteiger partial charge on any atom is -0.385 e. The monoisotopic (exact) mass is 246 g/mol. The van der Waals surface area contributed by atoms with Crippen molar-refractivity contribution in [3.05, 3.63) is 30.3 Å². The van der Waals surface area contributed by atoms with Gasteiger partial charge in [0.2, 0.25) is 0 Å². The zero-order chi connectivity index (χ0) is 13.2. The maximum atomic E-state index is 6.20. The third kappa shape index (κ3) is 2.69. The molecule has 3 unspecified atom stereocenters. The maximum absolute atomic E-state index is 6.20. The quantitative estimate of drug-likeness (QED) is 0.856. The zero-order valence-corrected chi connectivity index (χ0v) is 11.8. The van der Waals surface area contributed by atoms with Gasteiger partial charge in [0.25, 0.3) is 0 Å². The van der Waals surface area contributed by atoms with E-state index in [0.29, 0.717) is 23.3 Å². The lowest BCUT2D eigenvalue weighted by molar-refractivity contribution is 0.0620. The summed E-state index contributed by atoms with van der Waals surface area (Å²) in [5, 5.41) is 3.56. The van der Waals surface area contributed by atoms with Crippen LogP contribution >= 0.6 is 0 Å². The van der Waals surface area contributed by atoms with Gasteiger partial charge in [-0.1, -0.05) is 39.0 Å². The summed E-state index contributed by atoms with van der Waals surface area (Å²) in [6, 6.07) is 10.8. The van der Waals surface area contributed by atoms with Gasteiger partial charge in [-0.05, 0) is 42.2 Å².